The third-order valence-corrected chi connectivity index (χ3v) is 7.12. The van der Waals surface area contributed by atoms with Gasteiger partial charge in [-0.15, -0.1) is 18.3 Å². The fraction of sp³-hybridized carbons (Fsp3) is 0.300. The van der Waals surface area contributed by atoms with Crippen LogP contribution in [0.5, 0.6) is 11.8 Å². The van der Waals surface area contributed by atoms with E-state index in [0.29, 0.717) is 30.1 Å². The summed E-state index contributed by atoms with van der Waals surface area (Å²) in [7, 11) is 1.57. The van der Waals surface area contributed by atoms with Gasteiger partial charge in [-0.05, 0) is 67.8 Å². The topological polar surface area (TPSA) is 120 Å². The van der Waals surface area contributed by atoms with Gasteiger partial charge in [-0.2, -0.15) is 9.98 Å². The van der Waals surface area contributed by atoms with Gasteiger partial charge in [-0.25, -0.2) is 9.48 Å². The SMILES string of the molecule is CC/C(=C\C=C(/C)COc1ncn(-c2ccc(OC(F)(F)F)cc2)n1)NC(=O)/N=C1\SCC(=O)N1c1cc(C)ccc1COC. The fourth-order valence-electron chi connectivity index (χ4n) is 4.05. The molecule has 15 heteroatoms. The third kappa shape index (κ3) is 9.43. The van der Waals surface area contributed by atoms with E-state index < -0.39 is 12.4 Å². The van der Waals surface area contributed by atoms with E-state index >= 15 is 0 Å². The average molecular weight is 645 g/mol. The average Bonchev–Trinajstić information content (AvgIpc) is 3.61. The molecule has 0 bridgehead atoms. The molecule has 238 valence electrons. The molecule has 1 aliphatic rings. The Morgan fingerprint density at radius 2 is 1.93 bits per heavy atom. The smallest absolute Gasteiger partial charge is 0.458 e. The Balaban J connectivity index is 1.36. The predicted molar refractivity (Wildman–Crippen MR) is 163 cm³/mol. The number of amidine groups is 1. The van der Waals surface area contributed by atoms with Gasteiger partial charge in [0.15, 0.2) is 5.17 Å². The van der Waals surface area contributed by atoms with Crippen LogP contribution >= 0.6 is 11.8 Å². The maximum absolute atomic E-state index is 12.8. The standard InChI is InChI=1S/C30H31F3N6O5S/c1-5-22(35-27(41)36-29-39(26(40)17-45-29)25-14-19(2)6-8-21(25)16-42-4)9-7-20(3)15-43-28-34-18-38(37-28)23-10-12-24(13-11-23)44-30(31,32)33/h6-14,18H,5,15-17H2,1-4H3,(H,35,41)/b20-7+,22-9+,36-29-. The van der Waals surface area contributed by atoms with E-state index in [1.165, 1.54) is 51.9 Å². The number of rotatable bonds is 11. The van der Waals surface area contributed by atoms with E-state index in [4.69, 9.17) is 9.47 Å². The number of nitrogens with one attached hydrogen (secondary N) is 1. The molecule has 1 saturated heterocycles. The van der Waals surface area contributed by atoms with E-state index in [9.17, 15) is 22.8 Å². The predicted octanol–water partition coefficient (Wildman–Crippen LogP) is 6.09. The molecular weight excluding hydrogens is 613 g/mol. The molecule has 0 saturated carbocycles. The van der Waals surface area contributed by atoms with Crippen molar-refractivity contribution in [3.8, 4) is 17.4 Å². The lowest BCUT2D eigenvalue weighted by atomic mass is 10.1. The van der Waals surface area contributed by atoms with Crippen molar-refractivity contribution in [3.05, 3.63) is 83.3 Å². The molecule has 45 heavy (non-hydrogen) atoms. The highest BCUT2D eigenvalue weighted by molar-refractivity contribution is 8.15. The number of nitrogens with zero attached hydrogens (tertiary/aromatic N) is 5. The van der Waals surface area contributed by atoms with Crippen LogP contribution in [-0.2, 0) is 16.1 Å². The number of aryl methyl sites for hydroxylation is 1. The molecule has 0 spiro atoms. The molecule has 11 nitrogen and oxygen atoms in total. The molecule has 0 aliphatic carbocycles. The molecule has 0 unspecified atom stereocenters. The lowest BCUT2D eigenvalue weighted by Crippen LogP contribution is -2.32. The number of thioether (sulfide) groups is 1. The second-order valence-corrected chi connectivity index (χ2v) is 10.7. The zero-order valence-electron chi connectivity index (χ0n) is 24.9. The van der Waals surface area contributed by atoms with Crippen LogP contribution in [0.25, 0.3) is 5.69 Å². The first-order chi connectivity index (χ1) is 21.5. The van der Waals surface area contributed by atoms with Crippen LogP contribution in [0.4, 0.5) is 23.7 Å². The molecular formula is C30H31F3N6O5S. The van der Waals surface area contributed by atoms with E-state index in [1.807, 2.05) is 39.0 Å². The Morgan fingerprint density at radius 3 is 2.62 bits per heavy atom. The van der Waals surface area contributed by atoms with Gasteiger partial charge in [0.05, 0.1) is 23.7 Å². The van der Waals surface area contributed by atoms with Gasteiger partial charge < -0.3 is 19.5 Å². The van der Waals surface area contributed by atoms with Crippen molar-refractivity contribution in [2.75, 3.05) is 24.4 Å². The van der Waals surface area contributed by atoms with E-state index in [-0.39, 0.29) is 35.2 Å². The van der Waals surface area contributed by atoms with Gasteiger partial charge in [0.2, 0.25) is 5.91 Å². The summed E-state index contributed by atoms with van der Waals surface area (Å²) in [6.07, 6.45) is 0.603. The first-order valence-corrected chi connectivity index (χ1v) is 14.6. The van der Waals surface area contributed by atoms with Crippen molar-refractivity contribution >= 4 is 34.6 Å². The summed E-state index contributed by atoms with van der Waals surface area (Å²) in [5.41, 5.74) is 4.25. The Labute approximate surface area is 261 Å². The second-order valence-electron chi connectivity index (χ2n) is 9.77. The minimum Gasteiger partial charge on any atom is -0.458 e. The molecule has 2 aromatic carbocycles. The third-order valence-electron chi connectivity index (χ3n) is 6.20. The van der Waals surface area contributed by atoms with Crippen molar-refractivity contribution in [1.82, 2.24) is 20.1 Å². The molecule has 3 amide bonds. The molecule has 2 heterocycles. The minimum atomic E-state index is -4.77. The summed E-state index contributed by atoms with van der Waals surface area (Å²) in [5.74, 6) is -0.353. The highest BCUT2D eigenvalue weighted by Gasteiger charge is 2.32. The van der Waals surface area contributed by atoms with Gasteiger partial charge in [-0.1, -0.05) is 36.9 Å². The van der Waals surface area contributed by atoms with Crippen LogP contribution in [0.2, 0.25) is 0 Å². The lowest BCUT2D eigenvalue weighted by Gasteiger charge is -2.20. The van der Waals surface area contributed by atoms with Crippen LogP contribution in [0, 0.1) is 6.92 Å². The number of amides is 3. The number of alkyl halides is 3. The van der Waals surface area contributed by atoms with Gasteiger partial charge >= 0.3 is 18.4 Å². The number of aromatic nitrogens is 3. The van der Waals surface area contributed by atoms with Gasteiger partial charge in [0.25, 0.3) is 0 Å². The summed E-state index contributed by atoms with van der Waals surface area (Å²) in [6, 6.07) is 10.3. The maximum atomic E-state index is 12.8. The maximum Gasteiger partial charge on any atom is 0.573 e. The number of methoxy groups -OCH3 is 1. The molecule has 3 aromatic rings. The van der Waals surface area contributed by atoms with Gasteiger partial charge in [-0.3, -0.25) is 9.69 Å². The summed E-state index contributed by atoms with van der Waals surface area (Å²) in [6.45, 7) is 6.06. The first-order valence-electron chi connectivity index (χ1n) is 13.7. The van der Waals surface area contributed by atoms with Gasteiger partial charge in [0.1, 0.15) is 18.7 Å². The number of anilines is 1. The van der Waals surface area contributed by atoms with Crippen molar-refractivity contribution in [2.24, 2.45) is 4.99 Å². The molecule has 1 fully saturated rings. The summed E-state index contributed by atoms with van der Waals surface area (Å²) >= 11 is 1.19. The van der Waals surface area contributed by atoms with E-state index in [2.05, 4.69) is 25.1 Å². The number of ether oxygens (including phenoxy) is 3. The Morgan fingerprint density at radius 1 is 1.18 bits per heavy atom. The number of hydrogen-bond donors (Lipinski definition) is 1. The van der Waals surface area contributed by atoms with E-state index in [0.717, 1.165) is 16.7 Å². The first kappa shape index (κ1) is 33.3. The Bertz CT molecular complexity index is 1620. The Hall–Kier alpha value is -4.63. The largest absolute Gasteiger partial charge is 0.573 e. The number of hydrogen-bond acceptors (Lipinski definition) is 8. The number of carbonyl (C=O) groups is 2. The van der Waals surface area contributed by atoms with Crippen LogP contribution in [0.3, 0.4) is 0 Å². The number of benzene rings is 2. The zero-order valence-corrected chi connectivity index (χ0v) is 25.7. The second kappa shape index (κ2) is 14.9. The van der Waals surface area contributed by atoms with Crippen LogP contribution in [0.1, 0.15) is 31.4 Å². The highest BCUT2D eigenvalue weighted by atomic mass is 32.2. The number of allylic oxidation sites excluding steroid dienone is 3. The molecule has 1 N–H and O–H groups in total. The number of halogens is 3. The quantitative estimate of drug-likeness (QED) is 0.249. The lowest BCUT2D eigenvalue weighted by molar-refractivity contribution is -0.274. The van der Waals surface area contributed by atoms with Crippen molar-refractivity contribution < 1.29 is 37.0 Å². The van der Waals surface area contributed by atoms with E-state index in [1.54, 1.807) is 19.3 Å². The number of aliphatic imine (C=N–C) groups is 1. The number of urea groups is 1. The molecule has 1 aliphatic heterocycles. The van der Waals surface area contributed by atoms with Crippen molar-refractivity contribution in [1.29, 1.82) is 0 Å². The summed E-state index contributed by atoms with van der Waals surface area (Å²) < 4.78 is 53.3. The summed E-state index contributed by atoms with van der Waals surface area (Å²) in [4.78, 5) is 35.3. The molecule has 0 atom stereocenters. The summed E-state index contributed by atoms with van der Waals surface area (Å²) in [5, 5.41) is 7.24. The molecule has 1 aromatic heterocycles. The number of carbonyl (C=O) groups excluding carboxylic acids is 2. The zero-order chi connectivity index (χ0) is 32.6. The van der Waals surface area contributed by atoms with Crippen molar-refractivity contribution in [3.63, 3.8) is 0 Å². The molecule has 0 radical (unpaired) electrons. The van der Waals surface area contributed by atoms with Gasteiger partial charge in [0, 0.05) is 18.4 Å². The van der Waals surface area contributed by atoms with Crippen LogP contribution < -0.4 is 19.7 Å². The Kier molecular flexibility index (Phi) is 11.0. The normalized spacial score (nSPS) is 15.1. The minimum absolute atomic E-state index is 0.0672. The van der Waals surface area contributed by atoms with Crippen molar-refractivity contribution in [2.45, 2.75) is 40.2 Å². The van der Waals surface area contributed by atoms with Crippen LogP contribution in [-0.4, -0.2) is 57.7 Å². The molecule has 4 rings (SSSR count). The van der Waals surface area contributed by atoms with Crippen LogP contribution in [0.15, 0.2) is 77.2 Å². The monoisotopic (exact) mass is 644 g/mol. The highest BCUT2D eigenvalue weighted by Crippen LogP contribution is 2.31. The fourth-order valence-corrected chi connectivity index (χ4v) is 4.91.